The van der Waals surface area contributed by atoms with Crippen molar-refractivity contribution in [3.8, 4) is 23.0 Å². The smallest absolute Gasteiger partial charge is 0.290 e. The monoisotopic (exact) mass is 443 g/mol. The van der Waals surface area contributed by atoms with Crippen LogP contribution in [0.4, 0.5) is 0 Å². The van der Waals surface area contributed by atoms with Crippen LogP contribution in [-0.4, -0.2) is 40.7 Å². The summed E-state index contributed by atoms with van der Waals surface area (Å²) in [7, 11) is -4.01. The third-order valence-corrected chi connectivity index (χ3v) is 5.33. The second-order valence-corrected chi connectivity index (χ2v) is 7.74. The van der Waals surface area contributed by atoms with Gasteiger partial charge in [0, 0.05) is 18.8 Å². The first-order valence-electron chi connectivity index (χ1n) is 8.54. The number of carboxylic acid groups (broad SMARTS) is 1. The number of carbonyl (C=O) groups excluding carboxylic acids is 1. The molecule has 0 aliphatic rings. The maximum absolute atomic E-state index is 12.8. The van der Waals surface area contributed by atoms with E-state index in [0.717, 1.165) is 13.1 Å². The number of hydrogen-bond acceptors (Lipinski definition) is 7. The maximum atomic E-state index is 12.8. The minimum atomic E-state index is -4.01. The average Bonchev–Trinajstić information content (AvgIpc) is 3.02. The van der Waals surface area contributed by atoms with Crippen molar-refractivity contribution in [2.24, 2.45) is 0 Å². The van der Waals surface area contributed by atoms with Gasteiger partial charge in [-0.3, -0.25) is 19.5 Å². The normalized spacial score (nSPS) is 10.4. The summed E-state index contributed by atoms with van der Waals surface area (Å²) in [5.74, 6) is -0.526. The van der Waals surface area contributed by atoms with E-state index in [4.69, 9.17) is 15.2 Å². The third kappa shape index (κ3) is 5.22. The number of aromatic nitrogens is 3. The Labute approximate surface area is 176 Å². The van der Waals surface area contributed by atoms with Crippen LogP contribution in [0.25, 0.3) is 16.9 Å². The molecule has 3 aromatic rings. The summed E-state index contributed by atoms with van der Waals surface area (Å²) < 4.78 is 27.0. The Morgan fingerprint density at radius 2 is 1.87 bits per heavy atom. The van der Waals surface area contributed by atoms with E-state index in [9.17, 15) is 18.0 Å². The number of nitrogens with zero attached hydrogens (tertiary/aromatic N) is 3. The van der Waals surface area contributed by atoms with Crippen molar-refractivity contribution in [3.63, 3.8) is 0 Å². The highest BCUT2D eigenvalue weighted by Gasteiger charge is 2.18. The van der Waals surface area contributed by atoms with Crippen molar-refractivity contribution < 1.29 is 23.1 Å². The minimum absolute atomic E-state index is 0.190. The van der Waals surface area contributed by atoms with Crippen molar-refractivity contribution in [2.45, 2.75) is 18.7 Å². The molecule has 0 unspecified atom stereocenters. The van der Waals surface area contributed by atoms with E-state index < -0.39 is 15.9 Å². The van der Waals surface area contributed by atoms with Crippen LogP contribution in [0.2, 0.25) is 0 Å². The molecule has 0 bridgehead atoms. The molecule has 31 heavy (non-hydrogen) atoms. The fourth-order valence-corrected chi connectivity index (χ4v) is 3.61. The molecular weight excluding hydrogens is 426 g/mol. The molecule has 0 spiro atoms. The highest BCUT2D eigenvalue weighted by atomic mass is 32.2. The van der Waals surface area contributed by atoms with E-state index in [2.05, 4.69) is 10.1 Å². The van der Waals surface area contributed by atoms with Crippen LogP contribution < -0.4 is 10.3 Å². The van der Waals surface area contributed by atoms with Gasteiger partial charge in [0.2, 0.25) is 5.91 Å². The summed E-state index contributed by atoms with van der Waals surface area (Å²) in [4.78, 5) is 36.0. The number of nitriles is 1. The first kappa shape index (κ1) is 23.0. The van der Waals surface area contributed by atoms with Crippen molar-refractivity contribution in [1.82, 2.24) is 19.5 Å². The lowest BCUT2D eigenvalue weighted by Crippen LogP contribution is -2.28. The first-order chi connectivity index (χ1) is 14.6. The van der Waals surface area contributed by atoms with Gasteiger partial charge in [-0.1, -0.05) is 12.1 Å². The Hall–Kier alpha value is -4.24. The van der Waals surface area contributed by atoms with E-state index in [1.165, 1.54) is 16.8 Å². The van der Waals surface area contributed by atoms with Gasteiger partial charge in [0.1, 0.15) is 4.90 Å². The van der Waals surface area contributed by atoms with E-state index in [0.29, 0.717) is 22.4 Å². The number of H-pyrrole nitrogens is 1. The quantitative estimate of drug-likeness (QED) is 0.499. The highest BCUT2D eigenvalue weighted by Crippen LogP contribution is 2.20. The number of rotatable bonds is 4. The van der Waals surface area contributed by atoms with Gasteiger partial charge >= 0.3 is 0 Å². The van der Waals surface area contributed by atoms with Gasteiger partial charge in [-0.2, -0.15) is 5.26 Å². The highest BCUT2D eigenvalue weighted by molar-refractivity contribution is 7.90. The number of aromatic amines is 1. The number of sulfonamides is 1. The van der Waals surface area contributed by atoms with Crippen LogP contribution in [0.3, 0.4) is 0 Å². The minimum Gasteiger partial charge on any atom is -0.483 e. The summed E-state index contributed by atoms with van der Waals surface area (Å²) >= 11 is 0. The Kier molecular flexibility index (Phi) is 7.07. The lowest BCUT2D eigenvalue weighted by molar-refractivity contribution is -0.123. The van der Waals surface area contributed by atoms with E-state index >= 15 is 0 Å². The molecule has 1 amide bonds. The molecule has 1 aromatic carbocycles. The van der Waals surface area contributed by atoms with Gasteiger partial charge in [-0.25, -0.2) is 22.8 Å². The lowest BCUT2D eigenvalue weighted by Gasteiger charge is -2.05. The predicted molar refractivity (Wildman–Crippen MR) is 109 cm³/mol. The molecule has 3 N–H and O–H groups in total. The Bertz CT molecular complexity index is 1300. The Morgan fingerprint density at radius 3 is 2.35 bits per heavy atom. The van der Waals surface area contributed by atoms with Gasteiger partial charge in [0.25, 0.3) is 22.1 Å². The zero-order chi connectivity index (χ0) is 23.2. The van der Waals surface area contributed by atoms with Crippen molar-refractivity contribution in [2.75, 3.05) is 0 Å². The second-order valence-electron chi connectivity index (χ2n) is 6.06. The fraction of sp³-hybridized carbons (Fsp3) is 0.105. The van der Waals surface area contributed by atoms with Crippen LogP contribution in [0, 0.1) is 18.3 Å². The molecule has 11 nitrogen and oxygen atoms in total. The fourth-order valence-electron chi connectivity index (χ4n) is 2.67. The number of pyridine rings is 1. The molecule has 3 rings (SSSR count). The molecule has 2 heterocycles. The standard InChI is InChI=1S/C18H15N5O4S.CH2O2/c1-11-17(14-5-3-13(9-19)4-6-14)18(25)23(21-11)16-8-7-15(10-20-16)28(26,27)22-12(2)24;2-1-3/h3-8,10,21H,1-2H3,(H,22,24);1H,(H,2,3). The van der Waals surface area contributed by atoms with E-state index in [1.54, 1.807) is 31.2 Å². The first-order valence-corrected chi connectivity index (χ1v) is 10.0. The summed E-state index contributed by atoms with van der Waals surface area (Å²) in [6, 6.07) is 11.2. The number of hydrogen-bond donors (Lipinski definition) is 3. The maximum Gasteiger partial charge on any atom is 0.290 e. The Balaban J connectivity index is 0.00000107. The number of nitrogens with one attached hydrogen (secondary N) is 2. The zero-order valence-electron chi connectivity index (χ0n) is 16.4. The van der Waals surface area contributed by atoms with Crippen LogP contribution >= 0.6 is 0 Å². The molecule has 0 radical (unpaired) electrons. The van der Waals surface area contributed by atoms with Gasteiger partial charge in [-0.15, -0.1) is 0 Å². The lowest BCUT2D eigenvalue weighted by atomic mass is 10.1. The number of aryl methyl sites for hydroxylation is 1. The Morgan fingerprint density at radius 1 is 1.26 bits per heavy atom. The van der Waals surface area contributed by atoms with Gasteiger partial charge in [0.15, 0.2) is 5.82 Å². The predicted octanol–water partition coefficient (Wildman–Crippen LogP) is 0.933. The summed E-state index contributed by atoms with van der Waals surface area (Å²) in [5, 5.41) is 18.7. The van der Waals surface area contributed by atoms with Crippen molar-refractivity contribution in [3.05, 3.63) is 64.2 Å². The molecule has 0 fully saturated rings. The van der Waals surface area contributed by atoms with Crippen molar-refractivity contribution in [1.29, 1.82) is 5.26 Å². The molecule has 160 valence electrons. The topological polar surface area (TPSA) is 175 Å². The van der Waals surface area contributed by atoms with Gasteiger partial charge in [0.05, 0.1) is 17.2 Å². The summed E-state index contributed by atoms with van der Waals surface area (Å²) in [6.45, 7) is 2.56. The van der Waals surface area contributed by atoms with Gasteiger partial charge in [-0.05, 0) is 36.8 Å². The number of benzene rings is 1. The average molecular weight is 443 g/mol. The third-order valence-electron chi connectivity index (χ3n) is 3.91. The van der Waals surface area contributed by atoms with Crippen molar-refractivity contribution >= 4 is 22.4 Å². The van der Waals surface area contributed by atoms with Crippen LogP contribution in [0.5, 0.6) is 0 Å². The number of carbonyl (C=O) groups is 2. The van der Waals surface area contributed by atoms with E-state index in [-0.39, 0.29) is 22.7 Å². The molecular formula is C19H17N5O6S. The molecule has 0 saturated carbocycles. The van der Waals surface area contributed by atoms with Crippen LogP contribution in [0.15, 0.2) is 52.3 Å². The molecule has 0 saturated heterocycles. The molecule has 12 heteroatoms. The molecule has 0 atom stereocenters. The van der Waals surface area contributed by atoms with E-state index in [1.807, 2.05) is 10.8 Å². The summed E-state index contributed by atoms with van der Waals surface area (Å²) in [6.07, 6.45) is 1.06. The zero-order valence-corrected chi connectivity index (χ0v) is 17.2. The largest absolute Gasteiger partial charge is 0.483 e. The molecule has 0 aliphatic heterocycles. The van der Waals surface area contributed by atoms with Gasteiger partial charge < -0.3 is 5.11 Å². The number of amides is 1. The molecule has 2 aromatic heterocycles. The van der Waals surface area contributed by atoms with Crippen LogP contribution in [0.1, 0.15) is 18.2 Å². The second kappa shape index (κ2) is 9.51. The summed E-state index contributed by atoms with van der Waals surface area (Å²) in [5.41, 5.74) is 1.76. The molecule has 0 aliphatic carbocycles. The SMILES string of the molecule is CC(=O)NS(=O)(=O)c1ccc(-n2[nH]c(C)c(-c3ccc(C#N)cc3)c2=O)nc1.O=CO. The van der Waals surface area contributed by atoms with Crippen LogP contribution in [-0.2, 0) is 19.6 Å².